The maximum absolute atomic E-state index is 5.92. The molecule has 3 heterocycles. The molecule has 0 aromatic carbocycles. The Labute approximate surface area is 145 Å². The summed E-state index contributed by atoms with van der Waals surface area (Å²) in [6.45, 7) is 0.638. The molecular formula is C16H18ClN7. The Bertz CT molecular complexity index is 747. The summed E-state index contributed by atoms with van der Waals surface area (Å²) in [6.07, 6.45) is 9.80. The molecule has 24 heavy (non-hydrogen) atoms. The third kappa shape index (κ3) is 3.69. The van der Waals surface area contributed by atoms with E-state index in [0.717, 1.165) is 12.0 Å². The first kappa shape index (κ1) is 16.4. The van der Waals surface area contributed by atoms with Crippen LogP contribution in [0.25, 0.3) is 0 Å². The second-order valence-electron chi connectivity index (χ2n) is 5.21. The monoisotopic (exact) mass is 343 g/mol. The molecular weight excluding hydrogens is 326 g/mol. The van der Waals surface area contributed by atoms with Crippen molar-refractivity contribution in [3.8, 4) is 0 Å². The summed E-state index contributed by atoms with van der Waals surface area (Å²) in [5, 5.41) is 9.85. The Morgan fingerprint density at radius 3 is 3.00 bits per heavy atom. The lowest BCUT2D eigenvalue weighted by Gasteiger charge is -2.35. The summed E-state index contributed by atoms with van der Waals surface area (Å²) in [5.74, 6) is 0.658. The van der Waals surface area contributed by atoms with E-state index in [9.17, 15) is 0 Å². The van der Waals surface area contributed by atoms with E-state index in [1.165, 1.54) is 0 Å². The van der Waals surface area contributed by atoms with Gasteiger partial charge in [-0.15, -0.1) is 0 Å². The zero-order chi connectivity index (χ0) is 16.8. The molecule has 1 atom stereocenters. The van der Waals surface area contributed by atoms with Crippen molar-refractivity contribution in [2.45, 2.75) is 12.1 Å². The van der Waals surface area contributed by atoms with Gasteiger partial charge in [-0.2, -0.15) is 0 Å². The smallest absolute Gasteiger partial charge is 0.222 e. The van der Waals surface area contributed by atoms with Crippen LogP contribution in [-0.4, -0.2) is 34.5 Å². The Kier molecular flexibility index (Phi) is 5.02. The number of nitrogens with zero attached hydrogens (tertiary/aromatic N) is 4. The van der Waals surface area contributed by atoms with Gasteiger partial charge in [0.25, 0.3) is 0 Å². The van der Waals surface area contributed by atoms with Crippen LogP contribution < -0.4 is 16.0 Å². The predicted molar refractivity (Wildman–Crippen MR) is 93.4 cm³/mol. The molecule has 0 spiro atoms. The first-order valence-electron chi connectivity index (χ1n) is 7.55. The highest BCUT2D eigenvalue weighted by Crippen LogP contribution is 2.20. The first-order valence-corrected chi connectivity index (χ1v) is 7.93. The molecule has 0 aliphatic carbocycles. The topological polar surface area (TPSA) is 87.1 Å². The van der Waals surface area contributed by atoms with Gasteiger partial charge in [0.2, 0.25) is 5.28 Å². The van der Waals surface area contributed by atoms with Gasteiger partial charge >= 0.3 is 0 Å². The Morgan fingerprint density at radius 1 is 1.33 bits per heavy atom. The average molecular weight is 344 g/mol. The molecule has 0 fully saturated rings. The van der Waals surface area contributed by atoms with Crippen LogP contribution in [-0.2, 0) is 12.1 Å². The van der Waals surface area contributed by atoms with Crippen LogP contribution in [0.2, 0.25) is 5.28 Å². The number of hydrogen-bond acceptors (Lipinski definition) is 5. The highest BCUT2D eigenvalue weighted by Gasteiger charge is 2.32. The van der Waals surface area contributed by atoms with Crippen molar-refractivity contribution in [3.63, 3.8) is 0 Å². The third-order valence-electron chi connectivity index (χ3n) is 3.69. The van der Waals surface area contributed by atoms with Crippen molar-refractivity contribution in [2.75, 3.05) is 13.6 Å². The minimum Gasteiger partial charge on any atom is -0.333 e. The molecule has 3 rings (SSSR count). The van der Waals surface area contributed by atoms with Crippen LogP contribution in [0.15, 0.2) is 54.1 Å². The fraction of sp³-hybridized carbons (Fsp3) is 0.250. The number of likely N-dealkylation sites (N-methyl/N-ethyl adjacent to an activating group) is 1. The molecule has 124 valence electrons. The molecule has 0 saturated heterocycles. The van der Waals surface area contributed by atoms with Gasteiger partial charge in [0.05, 0.1) is 5.69 Å². The van der Waals surface area contributed by atoms with Crippen LogP contribution in [0.1, 0.15) is 11.3 Å². The molecule has 2 aromatic heterocycles. The SMILES string of the molecule is CNC1(c2ccnc(Cl)n2)C=CNC(=NCCc2cccnc2)N1. The molecule has 0 saturated carbocycles. The number of hydrogen-bond donors (Lipinski definition) is 3. The number of guanidine groups is 1. The van der Waals surface area contributed by atoms with E-state index in [2.05, 4.69) is 35.9 Å². The maximum Gasteiger partial charge on any atom is 0.222 e. The lowest BCUT2D eigenvalue weighted by Crippen LogP contribution is -2.59. The lowest BCUT2D eigenvalue weighted by molar-refractivity contribution is 0.396. The van der Waals surface area contributed by atoms with Crippen LogP contribution in [0.4, 0.5) is 0 Å². The average Bonchev–Trinajstić information content (AvgIpc) is 2.63. The Balaban J connectivity index is 1.74. The molecule has 0 amide bonds. The third-order valence-corrected chi connectivity index (χ3v) is 3.87. The highest BCUT2D eigenvalue weighted by atomic mass is 35.5. The Morgan fingerprint density at radius 2 is 2.25 bits per heavy atom. The van der Waals surface area contributed by atoms with Crippen LogP contribution in [0, 0.1) is 0 Å². The van der Waals surface area contributed by atoms with Gasteiger partial charge in [-0.3, -0.25) is 15.3 Å². The summed E-state index contributed by atoms with van der Waals surface area (Å²) in [7, 11) is 1.84. The van der Waals surface area contributed by atoms with Gasteiger partial charge in [0, 0.05) is 31.3 Å². The fourth-order valence-electron chi connectivity index (χ4n) is 2.42. The summed E-state index contributed by atoms with van der Waals surface area (Å²) in [6, 6.07) is 5.76. The van der Waals surface area contributed by atoms with E-state index >= 15 is 0 Å². The van der Waals surface area contributed by atoms with Crippen LogP contribution >= 0.6 is 11.6 Å². The fourth-order valence-corrected chi connectivity index (χ4v) is 2.56. The summed E-state index contributed by atoms with van der Waals surface area (Å²) < 4.78 is 0. The molecule has 0 bridgehead atoms. The van der Waals surface area contributed by atoms with Gasteiger partial charge in [-0.25, -0.2) is 9.97 Å². The second-order valence-corrected chi connectivity index (χ2v) is 5.55. The molecule has 1 aliphatic heterocycles. The van der Waals surface area contributed by atoms with E-state index in [-0.39, 0.29) is 5.28 Å². The van der Waals surface area contributed by atoms with Crippen molar-refractivity contribution >= 4 is 17.6 Å². The van der Waals surface area contributed by atoms with Crippen LogP contribution in [0.5, 0.6) is 0 Å². The van der Waals surface area contributed by atoms with Crippen molar-refractivity contribution in [2.24, 2.45) is 4.99 Å². The lowest BCUT2D eigenvalue weighted by atomic mass is 10.0. The van der Waals surface area contributed by atoms with Crippen molar-refractivity contribution in [1.82, 2.24) is 30.9 Å². The van der Waals surface area contributed by atoms with Crippen LogP contribution in [0.3, 0.4) is 0 Å². The molecule has 7 nitrogen and oxygen atoms in total. The molecule has 1 unspecified atom stereocenters. The van der Waals surface area contributed by atoms with E-state index in [4.69, 9.17) is 11.6 Å². The number of pyridine rings is 1. The standard InChI is InChI=1S/C16H18ClN7/c1-18-16(13-5-9-20-14(17)23-13)6-10-22-15(24-16)21-8-4-12-3-2-7-19-11-12/h2-3,5-7,9-11,18H,4,8H2,1H3,(H2,21,22,24). The number of aromatic nitrogens is 3. The van der Waals surface area contributed by atoms with Gasteiger partial charge < -0.3 is 10.6 Å². The predicted octanol–water partition coefficient (Wildman–Crippen LogP) is 1.20. The number of aliphatic imine (C=N–C) groups is 1. The Hall–Kier alpha value is -2.51. The minimum absolute atomic E-state index is 0.200. The van der Waals surface area contributed by atoms with Crippen molar-refractivity contribution in [3.05, 3.63) is 65.6 Å². The molecule has 2 aromatic rings. The zero-order valence-electron chi connectivity index (χ0n) is 13.2. The largest absolute Gasteiger partial charge is 0.333 e. The van der Waals surface area contributed by atoms with Gasteiger partial charge in [0.15, 0.2) is 11.6 Å². The first-order chi connectivity index (χ1) is 11.7. The normalized spacial score (nSPS) is 21.3. The minimum atomic E-state index is -0.690. The van der Waals surface area contributed by atoms with E-state index < -0.39 is 5.66 Å². The van der Waals surface area contributed by atoms with Gasteiger partial charge in [-0.05, 0) is 48.8 Å². The van der Waals surface area contributed by atoms with E-state index in [1.54, 1.807) is 18.5 Å². The van der Waals surface area contributed by atoms with E-state index in [1.807, 2.05) is 37.7 Å². The van der Waals surface area contributed by atoms with Gasteiger partial charge in [-0.1, -0.05) is 6.07 Å². The highest BCUT2D eigenvalue weighted by molar-refractivity contribution is 6.28. The quantitative estimate of drug-likeness (QED) is 0.707. The number of nitrogens with one attached hydrogen (secondary N) is 3. The van der Waals surface area contributed by atoms with E-state index in [0.29, 0.717) is 18.2 Å². The number of halogens is 1. The summed E-state index contributed by atoms with van der Waals surface area (Å²) in [4.78, 5) is 16.9. The maximum atomic E-state index is 5.92. The molecule has 1 aliphatic rings. The molecule has 0 radical (unpaired) electrons. The molecule has 8 heteroatoms. The molecule has 3 N–H and O–H groups in total. The zero-order valence-corrected chi connectivity index (χ0v) is 14.0. The number of rotatable bonds is 5. The van der Waals surface area contributed by atoms with Crippen molar-refractivity contribution in [1.29, 1.82) is 0 Å². The summed E-state index contributed by atoms with van der Waals surface area (Å²) >= 11 is 5.92. The summed E-state index contributed by atoms with van der Waals surface area (Å²) in [5.41, 5.74) is 1.17. The van der Waals surface area contributed by atoms with Crippen molar-refractivity contribution < 1.29 is 0 Å². The van der Waals surface area contributed by atoms with Gasteiger partial charge in [0.1, 0.15) is 0 Å². The second kappa shape index (κ2) is 7.37.